The van der Waals surface area contributed by atoms with E-state index < -0.39 is 0 Å². The normalized spacial score (nSPS) is 10.3. The maximum absolute atomic E-state index is 6.07. The lowest BCUT2D eigenvalue weighted by atomic mass is 10.2. The van der Waals surface area contributed by atoms with Crippen LogP contribution in [0, 0.1) is 6.92 Å². The molecule has 2 aromatic rings. The van der Waals surface area contributed by atoms with Gasteiger partial charge in [-0.15, -0.1) is 0 Å². The zero-order valence-corrected chi connectivity index (χ0v) is 11.6. The van der Waals surface area contributed by atoms with E-state index in [1.165, 1.54) is 0 Å². The van der Waals surface area contributed by atoms with Crippen molar-refractivity contribution in [1.29, 1.82) is 0 Å². The fraction of sp³-hybridized carbons (Fsp3) is 0.0769. The molecule has 0 saturated heterocycles. The summed E-state index contributed by atoms with van der Waals surface area (Å²) in [7, 11) is 0. The minimum absolute atomic E-state index is 0.693. The van der Waals surface area contributed by atoms with Crippen LogP contribution in [0.15, 0.2) is 40.9 Å². The highest BCUT2D eigenvalue weighted by molar-refractivity contribution is 9.10. The van der Waals surface area contributed by atoms with Gasteiger partial charge < -0.3 is 11.1 Å². The maximum atomic E-state index is 6.07. The first kappa shape index (κ1) is 12.3. The summed E-state index contributed by atoms with van der Waals surface area (Å²) in [6, 6.07) is 11.5. The van der Waals surface area contributed by atoms with Crippen LogP contribution in [-0.2, 0) is 0 Å². The highest BCUT2D eigenvalue weighted by atomic mass is 79.9. The molecule has 0 heterocycles. The fourth-order valence-corrected chi connectivity index (χ4v) is 2.09. The van der Waals surface area contributed by atoms with Crippen LogP contribution >= 0.6 is 27.5 Å². The van der Waals surface area contributed by atoms with Crippen molar-refractivity contribution in [3.05, 3.63) is 51.5 Å². The SMILES string of the molecule is Cc1c(Cl)cccc1Nc1ccc(Br)cc1N. The van der Waals surface area contributed by atoms with Crippen LogP contribution in [0.1, 0.15) is 5.56 Å². The Labute approximate surface area is 114 Å². The van der Waals surface area contributed by atoms with E-state index in [1.54, 1.807) is 0 Å². The van der Waals surface area contributed by atoms with Crippen molar-refractivity contribution in [2.24, 2.45) is 0 Å². The second-order valence-electron chi connectivity index (χ2n) is 3.77. The molecule has 0 spiro atoms. The molecule has 0 radical (unpaired) electrons. The monoisotopic (exact) mass is 310 g/mol. The van der Waals surface area contributed by atoms with E-state index in [2.05, 4.69) is 21.2 Å². The molecule has 0 unspecified atom stereocenters. The average Bonchev–Trinajstić information content (AvgIpc) is 2.28. The molecule has 0 saturated carbocycles. The average molecular weight is 312 g/mol. The van der Waals surface area contributed by atoms with Gasteiger partial charge in [0.25, 0.3) is 0 Å². The number of nitrogens with one attached hydrogen (secondary N) is 1. The Morgan fingerprint density at radius 2 is 1.94 bits per heavy atom. The van der Waals surface area contributed by atoms with E-state index in [9.17, 15) is 0 Å². The zero-order chi connectivity index (χ0) is 12.4. The van der Waals surface area contributed by atoms with Crippen LogP contribution in [0.25, 0.3) is 0 Å². The van der Waals surface area contributed by atoms with Gasteiger partial charge in [-0.3, -0.25) is 0 Å². The van der Waals surface area contributed by atoms with Crippen LogP contribution in [0.2, 0.25) is 5.02 Å². The summed E-state index contributed by atoms with van der Waals surface area (Å²) >= 11 is 9.45. The van der Waals surface area contributed by atoms with E-state index >= 15 is 0 Å². The summed E-state index contributed by atoms with van der Waals surface area (Å²) in [5, 5.41) is 4.02. The van der Waals surface area contributed by atoms with Gasteiger partial charge in [0.2, 0.25) is 0 Å². The van der Waals surface area contributed by atoms with Crippen molar-refractivity contribution in [1.82, 2.24) is 0 Å². The molecule has 88 valence electrons. The Morgan fingerprint density at radius 3 is 2.65 bits per heavy atom. The summed E-state index contributed by atoms with van der Waals surface area (Å²) < 4.78 is 0.961. The molecule has 0 aliphatic heterocycles. The molecule has 0 aliphatic carbocycles. The minimum Gasteiger partial charge on any atom is -0.397 e. The zero-order valence-electron chi connectivity index (χ0n) is 9.30. The topological polar surface area (TPSA) is 38.0 Å². The van der Waals surface area contributed by atoms with Gasteiger partial charge in [0.1, 0.15) is 0 Å². The Balaban J connectivity index is 2.35. The first-order chi connectivity index (χ1) is 8.08. The first-order valence-electron chi connectivity index (χ1n) is 5.15. The molecule has 2 rings (SSSR count). The summed E-state index contributed by atoms with van der Waals surface area (Å²) in [6.07, 6.45) is 0. The standard InChI is InChI=1S/C13H12BrClN2/c1-8-10(15)3-2-4-12(8)17-13-6-5-9(14)7-11(13)16/h2-7,17H,16H2,1H3. The Morgan fingerprint density at radius 1 is 1.18 bits per heavy atom. The van der Waals surface area contributed by atoms with E-state index in [0.29, 0.717) is 5.69 Å². The molecular weight excluding hydrogens is 300 g/mol. The summed E-state index contributed by atoms with van der Waals surface area (Å²) in [4.78, 5) is 0. The van der Waals surface area contributed by atoms with Gasteiger partial charge in [-0.2, -0.15) is 0 Å². The van der Waals surface area contributed by atoms with Crippen LogP contribution in [0.3, 0.4) is 0 Å². The predicted octanol–water partition coefficient (Wildman–Crippen LogP) is 4.74. The van der Waals surface area contributed by atoms with Crippen LogP contribution in [0.5, 0.6) is 0 Å². The number of anilines is 3. The molecule has 0 fully saturated rings. The van der Waals surface area contributed by atoms with Crippen molar-refractivity contribution in [3.63, 3.8) is 0 Å². The molecule has 2 aromatic carbocycles. The molecule has 4 heteroatoms. The Bertz CT molecular complexity index is 555. The summed E-state index contributed by atoms with van der Waals surface area (Å²) in [6.45, 7) is 1.97. The molecule has 0 aliphatic rings. The van der Waals surface area contributed by atoms with Gasteiger partial charge >= 0.3 is 0 Å². The molecule has 3 N–H and O–H groups in total. The number of hydrogen-bond acceptors (Lipinski definition) is 2. The van der Waals surface area contributed by atoms with Crippen molar-refractivity contribution in [2.75, 3.05) is 11.1 Å². The summed E-state index contributed by atoms with van der Waals surface area (Å²) in [5.74, 6) is 0. The molecular formula is C13H12BrClN2. The number of hydrogen-bond donors (Lipinski definition) is 2. The number of halogens is 2. The van der Waals surface area contributed by atoms with Gasteiger partial charge in [-0.05, 0) is 42.8 Å². The van der Waals surface area contributed by atoms with Crippen molar-refractivity contribution in [3.8, 4) is 0 Å². The van der Waals surface area contributed by atoms with E-state index in [-0.39, 0.29) is 0 Å². The first-order valence-corrected chi connectivity index (χ1v) is 6.32. The lowest BCUT2D eigenvalue weighted by Crippen LogP contribution is -1.97. The molecule has 2 nitrogen and oxygen atoms in total. The van der Waals surface area contributed by atoms with Gasteiger partial charge in [0.15, 0.2) is 0 Å². The smallest absolute Gasteiger partial charge is 0.0618 e. The lowest BCUT2D eigenvalue weighted by Gasteiger charge is -2.12. The third-order valence-electron chi connectivity index (χ3n) is 2.55. The molecule has 0 atom stereocenters. The van der Waals surface area contributed by atoms with Gasteiger partial charge in [-0.25, -0.2) is 0 Å². The predicted molar refractivity (Wildman–Crippen MR) is 78.0 cm³/mol. The summed E-state index contributed by atoms with van der Waals surface area (Å²) in [5.41, 5.74) is 9.47. The third-order valence-corrected chi connectivity index (χ3v) is 3.45. The van der Waals surface area contributed by atoms with Crippen molar-refractivity contribution >= 4 is 44.6 Å². The van der Waals surface area contributed by atoms with Crippen molar-refractivity contribution < 1.29 is 0 Å². The van der Waals surface area contributed by atoms with Crippen LogP contribution < -0.4 is 11.1 Å². The molecule has 0 amide bonds. The van der Waals surface area contributed by atoms with E-state index in [1.807, 2.05) is 43.3 Å². The van der Waals surface area contributed by atoms with Crippen molar-refractivity contribution in [2.45, 2.75) is 6.92 Å². The largest absolute Gasteiger partial charge is 0.397 e. The van der Waals surface area contributed by atoms with Crippen LogP contribution in [-0.4, -0.2) is 0 Å². The number of benzene rings is 2. The van der Waals surface area contributed by atoms with Gasteiger partial charge in [0, 0.05) is 15.2 Å². The second-order valence-corrected chi connectivity index (χ2v) is 5.09. The third kappa shape index (κ3) is 2.73. The molecule has 0 bridgehead atoms. The maximum Gasteiger partial charge on any atom is 0.0618 e. The quantitative estimate of drug-likeness (QED) is 0.786. The number of nitrogens with two attached hydrogens (primary N) is 1. The van der Waals surface area contributed by atoms with Gasteiger partial charge in [0.05, 0.1) is 11.4 Å². The second kappa shape index (κ2) is 4.98. The Hall–Kier alpha value is -1.19. The van der Waals surface area contributed by atoms with E-state index in [0.717, 1.165) is 26.4 Å². The number of nitrogen functional groups attached to an aromatic ring is 1. The highest BCUT2D eigenvalue weighted by Crippen LogP contribution is 2.30. The Kier molecular flexibility index (Phi) is 3.60. The minimum atomic E-state index is 0.693. The fourth-order valence-electron chi connectivity index (χ4n) is 1.54. The number of rotatable bonds is 2. The van der Waals surface area contributed by atoms with Crippen LogP contribution in [0.4, 0.5) is 17.1 Å². The van der Waals surface area contributed by atoms with E-state index in [4.69, 9.17) is 17.3 Å². The van der Waals surface area contributed by atoms with Gasteiger partial charge in [-0.1, -0.05) is 33.6 Å². The molecule has 0 aromatic heterocycles. The highest BCUT2D eigenvalue weighted by Gasteiger charge is 2.04. The molecule has 17 heavy (non-hydrogen) atoms. The lowest BCUT2D eigenvalue weighted by molar-refractivity contribution is 1.43.